The number of hydrogen-bond donors (Lipinski definition) is 13. The van der Waals surface area contributed by atoms with E-state index in [0.29, 0.717) is 139 Å². The van der Waals surface area contributed by atoms with Crippen molar-refractivity contribution >= 4 is 11.9 Å². The number of carbonyl (C=O) groups is 2. The lowest BCUT2D eigenvalue weighted by atomic mass is 9.48. The molecule has 40 fully saturated rings. The van der Waals surface area contributed by atoms with E-state index in [1.807, 2.05) is 48.5 Å². The summed E-state index contributed by atoms with van der Waals surface area (Å²) in [6.45, 7) is 24.4. The molecule has 17 nitrogen and oxygen atoms in total. The predicted octanol–water partition coefficient (Wildman–Crippen LogP) is 25.2. The fourth-order valence-corrected chi connectivity index (χ4v) is 44.5. The first kappa shape index (κ1) is 117. The Labute approximate surface area is 864 Å². The zero-order valence-electron chi connectivity index (χ0n) is 87.4. The molecule has 0 heterocycles. The Balaban J connectivity index is 0.000000131. The molecule has 0 aromatic carbocycles. The van der Waals surface area contributed by atoms with Crippen LogP contribution < -0.4 is 0 Å². The van der Waals surface area contributed by atoms with Gasteiger partial charge >= 0.3 is 11.9 Å². The molecule has 40 aliphatic carbocycles. The Morgan fingerprint density at radius 2 is 0.465 bits per heavy atom. The minimum atomic E-state index is -0.570. The Bertz CT molecular complexity index is 3730. The van der Waals surface area contributed by atoms with E-state index >= 15 is 0 Å². The van der Waals surface area contributed by atoms with E-state index in [0.717, 1.165) is 236 Å². The van der Waals surface area contributed by atoms with E-state index in [4.69, 9.17) is 14.6 Å². The van der Waals surface area contributed by atoms with Crippen LogP contribution in [0, 0.1) is 175 Å². The van der Waals surface area contributed by atoms with Crippen LogP contribution in [0.15, 0.2) is 24.8 Å². The smallest absolute Gasteiger partial charge is 0.333 e. The van der Waals surface area contributed by atoms with E-state index < -0.39 is 44.8 Å². The number of ether oxygens (including phenoxy) is 2. The maximum absolute atomic E-state index is 11.7. The van der Waals surface area contributed by atoms with Gasteiger partial charge in [0.25, 0.3) is 0 Å². The quantitative estimate of drug-likeness (QED) is 0.0714. The van der Waals surface area contributed by atoms with Crippen LogP contribution in [0.1, 0.15) is 484 Å². The summed E-state index contributed by atoms with van der Waals surface area (Å²) in [4.78, 5) is 23.1. The molecule has 0 aromatic rings. The molecule has 40 bridgehead atoms. The molecule has 17 heteroatoms. The zero-order valence-corrected chi connectivity index (χ0v) is 87.4. The van der Waals surface area contributed by atoms with Gasteiger partial charge in [-0.05, 0) is 555 Å². The molecule has 0 radical (unpaired) electrons. The van der Waals surface area contributed by atoms with Gasteiger partial charge in [-0.15, -0.1) is 0 Å². The SMILES string of the molecule is C.C.C.C.C.C=C(C)C(=O)OC12CC3CC(CC(O)(C3)C1)C2.C=CC(=O)OC12CC3CC(CC(O)(C3)C1)C2.CC.CC.CC.CC(O)C12CC3CC(CC(C3)C1)C2.OC12CC3CC(C1)CC(O)(C3)C2.OC12CC3CC(C1)CC(O)(C3)C2.OC12CC3CC(CC(C3)C1)C2.OCC12CC3CC(CC(C3)C1)C2.OCC12CC3CC(CC(C3)C1)C2.OCC12CC3CC(CC(O)(C3)C1)C2.OCCC12CC3CC(CC(C3)C1)C2. The van der Waals surface area contributed by atoms with Crippen LogP contribution in [-0.2, 0) is 19.1 Å². The Morgan fingerprint density at radius 3 is 0.669 bits per heavy atom. The highest BCUT2D eigenvalue weighted by molar-refractivity contribution is 5.87. The molecule has 40 aliphatic rings. The number of hydrogen-bond acceptors (Lipinski definition) is 17. The maximum atomic E-state index is 11.7. The molecule has 0 spiro atoms. The Kier molecular flexibility index (Phi) is 36.9. The molecular weight excluding hydrogens is 1770 g/mol. The second kappa shape index (κ2) is 44.8. The van der Waals surface area contributed by atoms with Crippen molar-refractivity contribution in [3.63, 3.8) is 0 Å². The summed E-state index contributed by atoms with van der Waals surface area (Å²) in [5, 5.41) is 129. The van der Waals surface area contributed by atoms with Crippen LogP contribution in [0.3, 0.4) is 0 Å². The molecule has 40 rings (SSSR count). The number of aliphatic hydroxyl groups is 13. The van der Waals surface area contributed by atoms with E-state index in [1.165, 1.54) is 224 Å². The van der Waals surface area contributed by atoms with Crippen molar-refractivity contribution < 1.29 is 85.4 Å². The molecule has 7 atom stereocenters. The van der Waals surface area contributed by atoms with Gasteiger partial charge in [-0.25, -0.2) is 9.59 Å². The summed E-state index contributed by atoms with van der Waals surface area (Å²) in [6, 6.07) is 0. The molecule has 13 N–H and O–H groups in total. The third kappa shape index (κ3) is 25.6. The van der Waals surface area contributed by atoms with Gasteiger partial charge in [-0.2, -0.15) is 0 Å². The second-order valence-electron chi connectivity index (χ2n) is 57.3. The van der Waals surface area contributed by atoms with E-state index in [2.05, 4.69) is 13.2 Å². The molecule has 0 saturated heterocycles. The monoisotopic (exact) mass is 1990 g/mol. The van der Waals surface area contributed by atoms with Crippen LogP contribution in [0.4, 0.5) is 0 Å². The van der Waals surface area contributed by atoms with Crippen LogP contribution in [0.2, 0.25) is 0 Å². The van der Waals surface area contributed by atoms with Crippen molar-refractivity contribution in [2.45, 2.75) is 546 Å². The van der Waals surface area contributed by atoms with Gasteiger partial charge in [0, 0.05) is 63.8 Å². The summed E-state index contributed by atoms with van der Waals surface area (Å²) in [5.41, 5.74) is -2.14. The first-order valence-corrected chi connectivity index (χ1v) is 58.6. The van der Waals surface area contributed by atoms with Crippen molar-refractivity contribution in [3.05, 3.63) is 24.8 Å². The second-order valence-corrected chi connectivity index (χ2v) is 57.3. The molecule has 40 saturated carbocycles. The van der Waals surface area contributed by atoms with Gasteiger partial charge in [-0.3, -0.25) is 0 Å². The molecule has 0 aromatic heterocycles. The minimum absolute atomic E-state index is 0. The average Bonchev–Trinajstić information content (AvgIpc) is 0.726. The summed E-state index contributed by atoms with van der Waals surface area (Å²) in [6.07, 6.45) is 73.1. The summed E-state index contributed by atoms with van der Waals surface area (Å²) in [7, 11) is 0. The van der Waals surface area contributed by atoms with Crippen molar-refractivity contribution in [1.29, 1.82) is 0 Å². The Hall–Kier alpha value is -2.10. The largest absolute Gasteiger partial charge is 0.456 e. The van der Waals surface area contributed by atoms with Crippen molar-refractivity contribution in [2.75, 3.05) is 26.4 Å². The predicted molar refractivity (Wildman–Crippen MR) is 571 cm³/mol. The number of carbonyl (C=O) groups excluding carboxylic acids is 2. The topological polar surface area (TPSA) is 316 Å². The summed E-state index contributed by atoms with van der Waals surface area (Å²) >= 11 is 0. The third-order valence-electron chi connectivity index (χ3n) is 44.4. The highest BCUT2D eigenvalue weighted by Gasteiger charge is 2.65. The zero-order chi connectivity index (χ0) is 97.3. The van der Waals surface area contributed by atoms with Crippen LogP contribution in [-0.4, -0.2) is 167 Å². The van der Waals surface area contributed by atoms with Crippen molar-refractivity contribution in [3.8, 4) is 0 Å². The van der Waals surface area contributed by atoms with Gasteiger partial charge < -0.3 is 75.9 Å². The van der Waals surface area contributed by atoms with Gasteiger partial charge in [0.1, 0.15) is 11.2 Å². The van der Waals surface area contributed by atoms with E-state index in [-0.39, 0.29) is 71.8 Å². The Morgan fingerprint density at radius 1 is 0.275 bits per heavy atom. The molecule has 820 valence electrons. The summed E-state index contributed by atoms with van der Waals surface area (Å²) in [5.74, 6) is 20.1. The number of rotatable bonds is 10. The first-order valence-electron chi connectivity index (χ1n) is 58.6. The van der Waals surface area contributed by atoms with Crippen molar-refractivity contribution in [1.82, 2.24) is 0 Å². The molecule has 142 heavy (non-hydrogen) atoms. The fraction of sp³-hybridized carbons (Fsp3) is 0.952. The lowest BCUT2D eigenvalue weighted by Crippen LogP contribution is -2.60. The van der Waals surface area contributed by atoms with Crippen LogP contribution >= 0.6 is 0 Å². The van der Waals surface area contributed by atoms with Gasteiger partial charge in [0.15, 0.2) is 0 Å². The molecule has 0 amide bonds. The lowest BCUT2D eigenvalue weighted by molar-refractivity contribution is -0.218. The van der Waals surface area contributed by atoms with Crippen molar-refractivity contribution in [2.24, 2.45) is 175 Å². The lowest BCUT2D eigenvalue weighted by Gasteiger charge is -2.59. The molecule has 7 unspecified atom stereocenters. The minimum Gasteiger partial charge on any atom is -0.456 e. The van der Waals surface area contributed by atoms with Gasteiger partial charge in [-0.1, -0.05) is 91.8 Å². The number of aliphatic hydroxyl groups excluding tert-OH is 5. The average molecular weight is 1990 g/mol. The number of esters is 2. The molecular formula is C125H218O17. The standard InChI is InChI=1S/C14H20O3.C13H18O3.2C12H20O.C11H18O2.2C11H18O.2C10H16O2.C10H16O.3C2H6.5CH4/c1-9(2)12(15)17-14-6-10-3-11(7-14)5-13(16,4-10)8-14;1-2-11(14)16-13-6-9-3-10(7-13)5-12(15,4-9)8-13;1-8(13)12-5-9-2-10(6-12)4-11(3-9)7-12;13-2-1-12-6-9-3-10(7-12)5-11(4-9)8-12;12-7-10-2-8-1-9(3-10)5-11(13,4-8)6-10;2*12-7-11-4-8-1-9(5-11)3-10(2-8)6-11;2*11-9-2-7-1-8(4-9)5-10(12,3-7)6-9;11-10-4-7-1-8(5-10)3-9(2-7)6-10;3*1-2;;;;;/h10-11,16H,1,3-8H2,2H3;2,9-10,15H,1,3-8H2;8-11,13H,2-7H2,1H3;9-11,13H,1-8H2;8-9,12-13H,1-7H2;2*8-10,12H,1-7H2;2*7-8,11-12H,1-6H2;7-9,11H,1-6H2;3*1-2H3;5*1H4. The maximum Gasteiger partial charge on any atom is 0.333 e. The normalized spacial score (nSPS) is 51.3. The molecule has 0 aliphatic heterocycles. The third-order valence-corrected chi connectivity index (χ3v) is 44.4. The summed E-state index contributed by atoms with van der Waals surface area (Å²) < 4.78 is 11.2. The van der Waals surface area contributed by atoms with E-state index in [9.17, 15) is 70.9 Å². The first-order chi connectivity index (χ1) is 65.0. The van der Waals surface area contributed by atoms with Gasteiger partial charge in [0.05, 0.1) is 50.9 Å². The van der Waals surface area contributed by atoms with Crippen LogP contribution in [0.25, 0.3) is 0 Å². The van der Waals surface area contributed by atoms with Gasteiger partial charge in [0.2, 0.25) is 0 Å². The fourth-order valence-electron chi connectivity index (χ4n) is 44.5. The van der Waals surface area contributed by atoms with E-state index in [1.54, 1.807) is 6.92 Å². The van der Waals surface area contributed by atoms with Crippen LogP contribution in [0.5, 0.6) is 0 Å². The highest BCUT2D eigenvalue weighted by atomic mass is 16.6. The highest BCUT2D eigenvalue weighted by Crippen LogP contribution is 2.69.